The molecule has 0 saturated heterocycles. The van der Waals surface area contributed by atoms with E-state index in [1.807, 2.05) is 35.7 Å². The predicted octanol–water partition coefficient (Wildman–Crippen LogP) is 4.73. The summed E-state index contributed by atoms with van der Waals surface area (Å²) < 4.78 is 5.30. The van der Waals surface area contributed by atoms with Crippen molar-refractivity contribution in [3.63, 3.8) is 0 Å². The maximum Gasteiger partial charge on any atom is 0.358 e. The molecule has 2 atom stereocenters. The third-order valence-corrected chi connectivity index (χ3v) is 6.27. The normalized spacial score (nSPS) is 12.9. The fraction of sp³-hybridized carbons (Fsp3) is 0.286. The lowest BCUT2D eigenvalue weighted by molar-refractivity contribution is -0.129. The van der Waals surface area contributed by atoms with Crippen LogP contribution in [0.3, 0.4) is 0 Å². The SMILES string of the molecule is CC[C@H](CNC(=O)[C@@H](C)OC(=O)c1csc(-c2cccs2)n1)c1ccccc1. The number of carbonyl (C=O) groups is 2. The van der Waals surface area contributed by atoms with Gasteiger partial charge in [0.1, 0.15) is 5.01 Å². The monoisotopic (exact) mass is 414 g/mol. The first-order chi connectivity index (χ1) is 13.6. The average Bonchev–Trinajstić information content (AvgIpc) is 3.40. The number of benzene rings is 1. The van der Waals surface area contributed by atoms with Gasteiger partial charge < -0.3 is 10.1 Å². The van der Waals surface area contributed by atoms with Gasteiger partial charge in [0.15, 0.2) is 11.8 Å². The maximum absolute atomic E-state index is 12.3. The van der Waals surface area contributed by atoms with Crippen molar-refractivity contribution in [1.29, 1.82) is 0 Å². The van der Waals surface area contributed by atoms with Crippen molar-refractivity contribution in [3.8, 4) is 9.88 Å². The molecule has 0 radical (unpaired) electrons. The lowest BCUT2D eigenvalue weighted by Crippen LogP contribution is -2.38. The zero-order chi connectivity index (χ0) is 19.9. The number of hydrogen-bond acceptors (Lipinski definition) is 6. The second-order valence-electron chi connectivity index (χ2n) is 6.32. The van der Waals surface area contributed by atoms with Gasteiger partial charge in [-0.05, 0) is 30.4 Å². The number of nitrogens with one attached hydrogen (secondary N) is 1. The van der Waals surface area contributed by atoms with Crippen LogP contribution >= 0.6 is 22.7 Å². The quantitative estimate of drug-likeness (QED) is 0.541. The van der Waals surface area contributed by atoms with Crippen molar-refractivity contribution >= 4 is 34.6 Å². The second-order valence-corrected chi connectivity index (χ2v) is 8.13. The fourth-order valence-corrected chi connectivity index (χ4v) is 4.35. The summed E-state index contributed by atoms with van der Waals surface area (Å²) in [5.74, 6) is -0.673. The highest BCUT2D eigenvalue weighted by Gasteiger charge is 2.22. The second kappa shape index (κ2) is 9.61. The fourth-order valence-electron chi connectivity index (χ4n) is 2.75. The molecule has 1 N–H and O–H groups in total. The summed E-state index contributed by atoms with van der Waals surface area (Å²) in [6.07, 6.45) is 0.0237. The van der Waals surface area contributed by atoms with Gasteiger partial charge in [0, 0.05) is 17.8 Å². The summed E-state index contributed by atoms with van der Waals surface area (Å²) >= 11 is 2.94. The van der Waals surface area contributed by atoms with E-state index in [1.54, 1.807) is 23.6 Å². The number of ether oxygens (including phenoxy) is 1. The van der Waals surface area contributed by atoms with E-state index in [0.717, 1.165) is 16.3 Å². The first-order valence-electron chi connectivity index (χ1n) is 9.11. The Bertz CT molecular complexity index is 907. The topological polar surface area (TPSA) is 68.3 Å². The molecule has 0 saturated carbocycles. The average molecular weight is 415 g/mol. The highest BCUT2D eigenvalue weighted by molar-refractivity contribution is 7.20. The third-order valence-electron chi connectivity index (χ3n) is 4.38. The van der Waals surface area contributed by atoms with Gasteiger partial charge in [0.05, 0.1) is 4.88 Å². The number of amides is 1. The highest BCUT2D eigenvalue weighted by atomic mass is 32.1. The Hall–Kier alpha value is -2.51. The minimum Gasteiger partial charge on any atom is -0.448 e. The van der Waals surface area contributed by atoms with Crippen molar-refractivity contribution in [2.75, 3.05) is 6.54 Å². The number of hydrogen-bond donors (Lipinski definition) is 1. The number of nitrogens with zero attached hydrogens (tertiary/aromatic N) is 1. The molecule has 7 heteroatoms. The van der Waals surface area contributed by atoms with Crippen LogP contribution in [0.2, 0.25) is 0 Å². The minimum absolute atomic E-state index is 0.222. The van der Waals surface area contributed by atoms with E-state index in [-0.39, 0.29) is 17.5 Å². The van der Waals surface area contributed by atoms with Gasteiger partial charge in [0.25, 0.3) is 5.91 Å². The van der Waals surface area contributed by atoms with E-state index in [9.17, 15) is 9.59 Å². The maximum atomic E-state index is 12.3. The van der Waals surface area contributed by atoms with Crippen LogP contribution in [-0.2, 0) is 9.53 Å². The molecule has 5 nitrogen and oxygen atoms in total. The van der Waals surface area contributed by atoms with Crippen molar-refractivity contribution in [2.24, 2.45) is 0 Å². The van der Waals surface area contributed by atoms with Crippen LogP contribution < -0.4 is 5.32 Å². The van der Waals surface area contributed by atoms with Crippen LogP contribution in [0.5, 0.6) is 0 Å². The van der Waals surface area contributed by atoms with Crippen LogP contribution in [0, 0.1) is 0 Å². The Morgan fingerprint density at radius 3 is 2.61 bits per heavy atom. The Morgan fingerprint density at radius 2 is 1.93 bits per heavy atom. The van der Waals surface area contributed by atoms with E-state index in [4.69, 9.17) is 4.74 Å². The lowest BCUT2D eigenvalue weighted by atomic mass is 9.96. The van der Waals surface area contributed by atoms with E-state index in [0.29, 0.717) is 6.54 Å². The van der Waals surface area contributed by atoms with Crippen LogP contribution in [0.1, 0.15) is 42.2 Å². The number of thiazole rings is 1. The number of aromatic nitrogens is 1. The Labute approximate surface area is 172 Å². The summed E-state index contributed by atoms with van der Waals surface area (Å²) in [4.78, 5) is 30.0. The zero-order valence-corrected chi connectivity index (χ0v) is 17.4. The molecule has 2 heterocycles. The molecule has 0 aliphatic heterocycles. The summed E-state index contributed by atoms with van der Waals surface area (Å²) in [6.45, 7) is 4.16. The largest absolute Gasteiger partial charge is 0.448 e. The molecule has 0 aliphatic carbocycles. The van der Waals surface area contributed by atoms with Crippen LogP contribution in [0.25, 0.3) is 9.88 Å². The van der Waals surface area contributed by atoms with Crippen LogP contribution in [0.15, 0.2) is 53.2 Å². The molecule has 0 spiro atoms. The lowest BCUT2D eigenvalue weighted by Gasteiger charge is -2.18. The smallest absolute Gasteiger partial charge is 0.358 e. The predicted molar refractivity (Wildman–Crippen MR) is 113 cm³/mol. The van der Waals surface area contributed by atoms with E-state index >= 15 is 0 Å². The summed E-state index contributed by atoms with van der Waals surface area (Å²) in [6, 6.07) is 13.9. The number of carbonyl (C=O) groups excluding carboxylic acids is 2. The Kier molecular flexibility index (Phi) is 6.95. The molecule has 28 heavy (non-hydrogen) atoms. The van der Waals surface area contributed by atoms with Gasteiger partial charge in [-0.1, -0.05) is 43.3 Å². The first kappa shape index (κ1) is 20.2. The molecule has 1 amide bonds. The molecular weight excluding hydrogens is 392 g/mol. The molecule has 0 bridgehead atoms. The molecule has 0 aliphatic rings. The van der Waals surface area contributed by atoms with E-state index in [2.05, 4.69) is 29.4 Å². The third kappa shape index (κ3) is 5.05. The molecular formula is C21H22N2O3S2. The van der Waals surface area contributed by atoms with Gasteiger partial charge in [-0.2, -0.15) is 0 Å². The van der Waals surface area contributed by atoms with Crippen LogP contribution in [0.4, 0.5) is 0 Å². The molecule has 3 aromatic rings. The molecule has 1 aromatic carbocycles. The van der Waals surface area contributed by atoms with Crippen molar-refractivity contribution < 1.29 is 14.3 Å². The number of rotatable bonds is 8. The summed E-state index contributed by atoms with van der Waals surface area (Å²) in [5, 5.41) is 7.27. The molecule has 146 valence electrons. The Morgan fingerprint density at radius 1 is 1.14 bits per heavy atom. The zero-order valence-electron chi connectivity index (χ0n) is 15.8. The van der Waals surface area contributed by atoms with Crippen molar-refractivity contribution in [1.82, 2.24) is 10.3 Å². The Balaban J connectivity index is 1.53. The van der Waals surface area contributed by atoms with Gasteiger partial charge in [0.2, 0.25) is 0 Å². The van der Waals surface area contributed by atoms with Gasteiger partial charge >= 0.3 is 5.97 Å². The molecule has 0 fully saturated rings. The van der Waals surface area contributed by atoms with Crippen LogP contribution in [-0.4, -0.2) is 29.5 Å². The molecule has 0 unspecified atom stereocenters. The van der Waals surface area contributed by atoms with Crippen molar-refractivity contribution in [2.45, 2.75) is 32.3 Å². The number of esters is 1. The number of thiophene rings is 1. The highest BCUT2D eigenvalue weighted by Crippen LogP contribution is 2.28. The van der Waals surface area contributed by atoms with E-state index in [1.165, 1.54) is 16.9 Å². The van der Waals surface area contributed by atoms with E-state index < -0.39 is 12.1 Å². The van der Waals surface area contributed by atoms with Gasteiger partial charge in [-0.15, -0.1) is 22.7 Å². The summed E-state index contributed by atoms with van der Waals surface area (Å²) in [7, 11) is 0. The standard InChI is InChI=1S/C21H22N2O3S2/c1-3-15(16-8-5-4-6-9-16)12-22-19(24)14(2)26-21(25)17-13-28-20(23-17)18-10-7-11-27-18/h4-11,13-15H,3,12H2,1-2H3,(H,22,24)/t14-,15-/m1/s1. The van der Waals surface area contributed by atoms with Crippen molar-refractivity contribution in [3.05, 3.63) is 64.5 Å². The molecule has 2 aromatic heterocycles. The first-order valence-corrected chi connectivity index (χ1v) is 10.9. The van der Waals surface area contributed by atoms with Gasteiger partial charge in [-0.3, -0.25) is 4.79 Å². The minimum atomic E-state index is -0.882. The van der Waals surface area contributed by atoms with Gasteiger partial charge in [-0.25, -0.2) is 9.78 Å². The molecule has 3 rings (SSSR count). The summed E-state index contributed by atoms with van der Waals surface area (Å²) in [5.41, 5.74) is 1.40.